The van der Waals surface area contributed by atoms with Gasteiger partial charge >= 0.3 is 0 Å². The fraction of sp³-hybridized carbons (Fsp3) is 0.0345. The van der Waals surface area contributed by atoms with Crippen LogP contribution in [-0.2, 0) is 0 Å². The second-order valence-corrected chi connectivity index (χ2v) is 12.1. The van der Waals surface area contributed by atoms with Crippen molar-refractivity contribution in [1.29, 1.82) is 0 Å². The van der Waals surface area contributed by atoms with E-state index >= 15 is 0 Å². The zero-order valence-corrected chi connectivity index (χ0v) is 17.6. The van der Waals surface area contributed by atoms with Crippen LogP contribution in [0.5, 0.6) is 0 Å². The second kappa shape index (κ2) is 5.81. The molecule has 0 atom stereocenters. The van der Waals surface area contributed by atoms with Crippen molar-refractivity contribution in [3.63, 3.8) is 0 Å². The summed E-state index contributed by atoms with van der Waals surface area (Å²) in [4.78, 5) is 0. The lowest BCUT2D eigenvalue weighted by atomic mass is 10.00. The van der Waals surface area contributed by atoms with Crippen molar-refractivity contribution in [2.24, 2.45) is 0 Å². The highest BCUT2D eigenvalue weighted by molar-refractivity contribution is 7.24. The van der Waals surface area contributed by atoms with Crippen LogP contribution in [-0.4, -0.2) is 8.07 Å². The summed E-state index contributed by atoms with van der Waals surface area (Å²) in [5, 5.41) is 6.21. The first kappa shape index (κ1) is 16.4. The minimum atomic E-state index is -2.28. The summed E-state index contributed by atoms with van der Waals surface area (Å²) in [6.45, 7) is 0. The quantitative estimate of drug-likeness (QED) is 0.362. The van der Waals surface area contributed by atoms with Gasteiger partial charge in [-0.05, 0) is 60.6 Å². The molecule has 0 aromatic heterocycles. The fourth-order valence-electron chi connectivity index (χ4n) is 5.96. The highest BCUT2D eigenvalue weighted by Gasteiger charge is 2.53. The molecule has 4 aromatic carbocycles. The van der Waals surface area contributed by atoms with Gasteiger partial charge in [0.25, 0.3) is 0 Å². The Kier molecular flexibility index (Phi) is 3.17. The molecular formula is C29H20Si. The van der Waals surface area contributed by atoms with Gasteiger partial charge in [0.15, 0.2) is 8.07 Å². The van der Waals surface area contributed by atoms with Crippen molar-refractivity contribution in [1.82, 2.24) is 0 Å². The van der Waals surface area contributed by atoms with E-state index in [1.54, 1.807) is 20.7 Å². The van der Waals surface area contributed by atoms with Crippen LogP contribution in [0.4, 0.5) is 0 Å². The highest BCUT2D eigenvalue weighted by atomic mass is 28.3. The first-order valence-electron chi connectivity index (χ1n) is 10.7. The van der Waals surface area contributed by atoms with Crippen LogP contribution in [0.25, 0.3) is 27.8 Å². The minimum absolute atomic E-state index is 1.04. The number of hydrogen-bond acceptors (Lipinski definition) is 0. The third kappa shape index (κ3) is 1.87. The lowest BCUT2D eigenvalue weighted by Gasteiger charge is -2.28. The number of hydrogen-bond donors (Lipinski definition) is 0. The van der Waals surface area contributed by atoms with Gasteiger partial charge in [0.05, 0.1) is 0 Å². The molecule has 30 heavy (non-hydrogen) atoms. The highest BCUT2D eigenvalue weighted by Crippen LogP contribution is 2.36. The van der Waals surface area contributed by atoms with Gasteiger partial charge < -0.3 is 0 Å². The van der Waals surface area contributed by atoms with E-state index in [1.165, 1.54) is 33.4 Å². The Hall–Kier alpha value is -3.42. The number of rotatable bonds is 1. The molecular weight excluding hydrogens is 376 g/mol. The van der Waals surface area contributed by atoms with Gasteiger partial charge in [0.2, 0.25) is 0 Å². The van der Waals surface area contributed by atoms with Gasteiger partial charge in [0, 0.05) is 0 Å². The van der Waals surface area contributed by atoms with E-state index in [1.807, 2.05) is 0 Å². The number of benzene rings is 4. The zero-order valence-electron chi connectivity index (χ0n) is 16.6. The summed E-state index contributed by atoms with van der Waals surface area (Å²) in [7, 11) is -2.28. The predicted molar refractivity (Wildman–Crippen MR) is 130 cm³/mol. The Morgan fingerprint density at radius 2 is 1.07 bits per heavy atom. The van der Waals surface area contributed by atoms with Gasteiger partial charge in [-0.3, -0.25) is 0 Å². The molecule has 1 heteroatoms. The van der Waals surface area contributed by atoms with Crippen LogP contribution in [0, 0.1) is 0 Å². The van der Waals surface area contributed by atoms with Crippen molar-refractivity contribution in [3.8, 4) is 22.3 Å². The average Bonchev–Trinajstić information content (AvgIpc) is 3.51. The van der Waals surface area contributed by atoms with Crippen LogP contribution in [0.3, 0.4) is 0 Å². The third-order valence-corrected chi connectivity index (χ3v) is 12.1. The molecule has 0 saturated carbocycles. The van der Waals surface area contributed by atoms with E-state index in [0.29, 0.717) is 0 Å². The third-order valence-electron chi connectivity index (χ3n) is 7.14. The standard InChI is InChI=1S/C29H20Si/c1-2-10-20(9-1)21-17-18-25-24-13-5-8-16-28(24)30(29(25)19-21)26-14-6-3-11-22(26)23-12-4-7-15-27(23)30/h1-9,11-19H,10H2. The van der Waals surface area contributed by atoms with Crippen LogP contribution in [0.15, 0.2) is 109 Å². The van der Waals surface area contributed by atoms with Crippen molar-refractivity contribution in [2.75, 3.05) is 0 Å². The van der Waals surface area contributed by atoms with Crippen LogP contribution in [0.2, 0.25) is 0 Å². The lowest BCUT2D eigenvalue weighted by Crippen LogP contribution is -2.70. The molecule has 4 aromatic rings. The van der Waals surface area contributed by atoms with E-state index in [0.717, 1.165) is 6.42 Å². The normalized spacial score (nSPS) is 16.2. The van der Waals surface area contributed by atoms with E-state index in [9.17, 15) is 0 Å². The molecule has 140 valence electrons. The molecule has 0 radical (unpaired) electrons. The maximum Gasteiger partial charge on any atom is 0.182 e. The summed E-state index contributed by atoms with van der Waals surface area (Å²) < 4.78 is 0. The molecule has 1 spiro atoms. The van der Waals surface area contributed by atoms with Gasteiger partial charge in [-0.2, -0.15) is 0 Å². The molecule has 2 heterocycles. The maximum absolute atomic E-state index is 2.53. The van der Waals surface area contributed by atoms with Gasteiger partial charge in [0.1, 0.15) is 0 Å². The van der Waals surface area contributed by atoms with E-state index in [4.69, 9.17) is 0 Å². The second-order valence-electron chi connectivity index (χ2n) is 8.47. The van der Waals surface area contributed by atoms with E-state index in [2.05, 4.69) is 109 Å². The molecule has 0 bridgehead atoms. The Balaban J connectivity index is 1.64. The van der Waals surface area contributed by atoms with E-state index in [-0.39, 0.29) is 0 Å². The van der Waals surface area contributed by atoms with Crippen LogP contribution >= 0.6 is 0 Å². The number of fused-ring (bicyclic) bond motifs is 10. The molecule has 0 saturated heterocycles. The van der Waals surface area contributed by atoms with Crippen LogP contribution in [0.1, 0.15) is 12.0 Å². The SMILES string of the molecule is C1=CCC(c2ccc3c(c2)[Si]2(c4ccccc4-c4ccccc42)c2ccccc2-3)=C1. The Morgan fingerprint density at radius 1 is 0.533 bits per heavy atom. The minimum Gasteiger partial charge on any atom is -0.0801 e. The first-order valence-corrected chi connectivity index (χ1v) is 12.7. The molecule has 1 aliphatic carbocycles. The summed E-state index contributed by atoms with van der Waals surface area (Å²) in [5.41, 5.74) is 8.51. The number of allylic oxidation sites excluding steroid dienone is 4. The molecule has 0 nitrogen and oxygen atoms in total. The average molecular weight is 397 g/mol. The molecule has 0 fully saturated rings. The van der Waals surface area contributed by atoms with Crippen molar-refractivity contribution >= 4 is 34.4 Å². The van der Waals surface area contributed by atoms with Crippen molar-refractivity contribution in [2.45, 2.75) is 6.42 Å². The Bertz CT molecular complexity index is 1360. The van der Waals surface area contributed by atoms with E-state index < -0.39 is 8.07 Å². The smallest absolute Gasteiger partial charge is 0.0801 e. The summed E-state index contributed by atoms with van der Waals surface area (Å²) in [6, 6.07) is 34.7. The monoisotopic (exact) mass is 396 g/mol. The predicted octanol–water partition coefficient (Wildman–Crippen LogP) is 4.37. The molecule has 2 aliphatic heterocycles. The largest absolute Gasteiger partial charge is 0.182 e. The summed E-state index contributed by atoms with van der Waals surface area (Å²) in [5.74, 6) is 0. The molecule has 3 aliphatic rings. The molecule has 0 amide bonds. The summed E-state index contributed by atoms with van der Waals surface area (Å²) >= 11 is 0. The Morgan fingerprint density at radius 3 is 1.60 bits per heavy atom. The molecule has 0 N–H and O–H groups in total. The van der Waals surface area contributed by atoms with Gasteiger partial charge in [-0.25, -0.2) is 0 Å². The maximum atomic E-state index is 2.53. The first-order chi connectivity index (χ1) is 14.9. The summed E-state index contributed by atoms with van der Waals surface area (Å²) in [6.07, 6.45) is 7.75. The zero-order chi connectivity index (χ0) is 19.7. The van der Waals surface area contributed by atoms with Gasteiger partial charge in [-0.1, -0.05) is 109 Å². The molecule has 7 rings (SSSR count). The topological polar surface area (TPSA) is 0 Å². The fourth-order valence-corrected chi connectivity index (χ4v) is 11.6. The molecule has 0 unspecified atom stereocenters. The lowest BCUT2D eigenvalue weighted by molar-refractivity contribution is 1.44. The van der Waals surface area contributed by atoms with Gasteiger partial charge in [-0.15, -0.1) is 0 Å². The van der Waals surface area contributed by atoms with Crippen molar-refractivity contribution < 1.29 is 0 Å². The van der Waals surface area contributed by atoms with Crippen LogP contribution < -0.4 is 20.7 Å². The Labute approximate surface area is 177 Å². The van der Waals surface area contributed by atoms with Crippen molar-refractivity contribution in [3.05, 3.63) is 115 Å².